The molecule has 1 atom stereocenters. The van der Waals surface area contributed by atoms with Gasteiger partial charge in [-0.25, -0.2) is 0 Å². The van der Waals surface area contributed by atoms with Crippen LogP contribution in [0.4, 0.5) is 0 Å². The molecular weight excluding hydrogens is 276 g/mol. The van der Waals surface area contributed by atoms with Crippen LogP contribution in [0.5, 0.6) is 0 Å². The van der Waals surface area contributed by atoms with Gasteiger partial charge in [-0.2, -0.15) is 0 Å². The minimum absolute atomic E-state index is 0. The molecule has 0 aliphatic rings. The maximum Gasteiger partial charge on any atom is 0.147 e. The zero-order valence-electron chi connectivity index (χ0n) is 9.79. The van der Waals surface area contributed by atoms with Gasteiger partial charge in [0.1, 0.15) is 11.5 Å². The number of unbranched alkanes of at least 4 members (excludes halogenated alkanes) is 5. The number of hydrogen-bond donors (Lipinski definition) is 0. The Morgan fingerprint density at radius 3 is 2.20 bits per heavy atom. The quantitative estimate of drug-likeness (QED) is 0.482. The van der Waals surface area contributed by atoms with Gasteiger partial charge in [0.15, 0.2) is 0 Å². The van der Waals surface area contributed by atoms with E-state index in [-0.39, 0.29) is 33.6 Å². The molecule has 0 rings (SSSR count). The highest BCUT2D eigenvalue weighted by Gasteiger charge is 2.09. The van der Waals surface area contributed by atoms with E-state index in [0.29, 0.717) is 0 Å². The van der Waals surface area contributed by atoms with E-state index in [2.05, 4.69) is 6.92 Å². The van der Waals surface area contributed by atoms with E-state index >= 15 is 0 Å². The molecule has 0 fully saturated rings. The molecule has 0 saturated heterocycles. The Morgan fingerprint density at radius 2 is 1.67 bits per heavy atom. The molecule has 92 valence electrons. The van der Waals surface area contributed by atoms with Crippen LogP contribution >= 0.6 is 17.0 Å². The lowest BCUT2D eigenvalue weighted by molar-refractivity contribution is -0.301. The molecule has 0 aliphatic heterocycles. The molecule has 2 nitrogen and oxygen atoms in total. The van der Waals surface area contributed by atoms with Crippen molar-refractivity contribution in [2.75, 3.05) is 17.8 Å². The lowest BCUT2D eigenvalue weighted by atomic mass is 10.1. The first-order chi connectivity index (χ1) is 6.66. The van der Waals surface area contributed by atoms with Gasteiger partial charge in [-0.15, -0.1) is 17.0 Å². The normalized spacial score (nSPS) is 11.9. The van der Waals surface area contributed by atoms with E-state index < -0.39 is 5.97 Å². The van der Waals surface area contributed by atoms with E-state index in [1.54, 1.807) is 0 Å². The second-order valence-corrected chi connectivity index (χ2v) is 6.03. The van der Waals surface area contributed by atoms with Crippen LogP contribution in [0.3, 0.4) is 0 Å². The van der Waals surface area contributed by atoms with Crippen LogP contribution in [0.2, 0.25) is 0 Å². The third kappa shape index (κ3) is 14.3. The van der Waals surface area contributed by atoms with E-state index in [0.717, 1.165) is 5.75 Å². The molecule has 0 aromatic heterocycles. The Morgan fingerprint density at radius 1 is 1.13 bits per heavy atom. The zero-order valence-corrected chi connectivity index (χ0v) is 12.3. The van der Waals surface area contributed by atoms with E-state index in [1.165, 1.54) is 38.5 Å². The molecule has 0 aromatic carbocycles. The fraction of sp³-hybridized carbons (Fsp3) is 0.909. The smallest absolute Gasteiger partial charge is 0.147 e. The summed E-state index contributed by atoms with van der Waals surface area (Å²) in [4.78, 5) is 10.3. The molecule has 0 saturated carbocycles. The fourth-order valence-electron chi connectivity index (χ4n) is 1.40. The maximum absolute atomic E-state index is 10.3. The molecule has 0 radical (unpaired) electrons. The van der Waals surface area contributed by atoms with Crippen molar-refractivity contribution in [1.29, 1.82) is 0 Å². The molecular formula is C11H23BrO2S. The van der Waals surface area contributed by atoms with Crippen LogP contribution in [0.15, 0.2) is 0 Å². The van der Waals surface area contributed by atoms with Crippen LogP contribution < -0.4 is 5.11 Å². The number of carbonyl (C=O) groups is 1. The van der Waals surface area contributed by atoms with Crippen LogP contribution in [0.25, 0.3) is 0 Å². The van der Waals surface area contributed by atoms with Crippen molar-refractivity contribution >= 4 is 33.8 Å². The molecule has 0 bridgehead atoms. The summed E-state index contributed by atoms with van der Waals surface area (Å²) >= 11 is 0. The van der Waals surface area contributed by atoms with Crippen LogP contribution in [-0.2, 0) is 15.7 Å². The first-order valence-corrected chi connectivity index (χ1v) is 7.43. The Balaban J connectivity index is 0. The molecule has 4 heteroatoms. The Bertz CT molecular complexity index is 154. The predicted octanol–water partition coefficient (Wildman–Crippen LogP) is 1.92. The first kappa shape index (κ1) is 17.7. The molecule has 0 heterocycles. The number of halogens is 1. The van der Waals surface area contributed by atoms with Crippen molar-refractivity contribution in [3.8, 4) is 0 Å². The fourth-order valence-corrected chi connectivity index (χ4v) is 2.65. The van der Waals surface area contributed by atoms with Crippen molar-refractivity contribution in [2.24, 2.45) is 0 Å². The SMILES string of the molecule is Br.CCCCCCCC[S+](C)CC(=O)[O-]. The van der Waals surface area contributed by atoms with Gasteiger partial charge in [-0.05, 0) is 23.7 Å². The molecule has 15 heavy (non-hydrogen) atoms. The van der Waals surface area contributed by atoms with Crippen LogP contribution in [0.1, 0.15) is 45.4 Å². The number of carboxylic acids is 1. The van der Waals surface area contributed by atoms with E-state index in [9.17, 15) is 9.90 Å². The average Bonchev–Trinajstić information content (AvgIpc) is 2.10. The van der Waals surface area contributed by atoms with Crippen molar-refractivity contribution in [1.82, 2.24) is 0 Å². The molecule has 0 aromatic rings. The summed E-state index contributed by atoms with van der Waals surface area (Å²) < 4.78 is 0. The van der Waals surface area contributed by atoms with Crippen molar-refractivity contribution in [3.05, 3.63) is 0 Å². The number of rotatable bonds is 9. The summed E-state index contributed by atoms with van der Waals surface area (Å²) in [5.74, 6) is 0.400. The Kier molecular flexibility index (Phi) is 14.6. The first-order valence-electron chi connectivity index (χ1n) is 5.45. The minimum Gasteiger partial charge on any atom is -0.545 e. The minimum atomic E-state index is -0.901. The van der Waals surface area contributed by atoms with Gasteiger partial charge in [0, 0.05) is 0 Å². The summed E-state index contributed by atoms with van der Waals surface area (Å²) in [6.45, 7) is 2.21. The van der Waals surface area contributed by atoms with E-state index in [1.807, 2.05) is 6.26 Å². The van der Waals surface area contributed by atoms with Gasteiger partial charge in [-0.1, -0.05) is 32.6 Å². The highest BCUT2D eigenvalue weighted by Crippen LogP contribution is 2.06. The molecule has 0 spiro atoms. The maximum atomic E-state index is 10.3. The highest BCUT2D eigenvalue weighted by molar-refractivity contribution is 8.93. The topological polar surface area (TPSA) is 40.1 Å². The largest absolute Gasteiger partial charge is 0.545 e. The van der Waals surface area contributed by atoms with Gasteiger partial charge in [-0.3, -0.25) is 0 Å². The van der Waals surface area contributed by atoms with Crippen molar-refractivity contribution < 1.29 is 9.90 Å². The lowest BCUT2D eigenvalue weighted by Gasteiger charge is -2.04. The summed E-state index contributed by atoms with van der Waals surface area (Å²) in [5.41, 5.74) is 0. The van der Waals surface area contributed by atoms with Gasteiger partial charge in [0.25, 0.3) is 0 Å². The lowest BCUT2D eigenvalue weighted by Crippen LogP contribution is -2.31. The third-order valence-corrected chi connectivity index (χ3v) is 3.92. The highest BCUT2D eigenvalue weighted by atomic mass is 79.9. The second kappa shape index (κ2) is 12.4. The molecule has 0 amide bonds. The number of carboxylic acid groups (broad SMARTS) is 1. The summed E-state index contributed by atoms with van der Waals surface area (Å²) in [5, 5.41) is 10.3. The van der Waals surface area contributed by atoms with Gasteiger partial charge in [0.05, 0.1) is 12.2 Å². The molecule has 1 unspecified atom stereocenters. The van der Waals surface area contributed by atoms with Gasteiger partial charge >= 0.3 is 0 Å². The molecule has 0 N–H and O–H groups in total. The van der Waals surface area contributed by atoms with Gasteiger partial charge < -0.3 is 9.90 Å². The monoisotopic (exact) mass is 298 g/mol. The average molecular weight is 299 g/mol. The number of aliphatic carboxylic acids is 1. The Hall–Kier alpha value is 0.300. The number of carbonyl (C=O) groups excluding carboxylic acids is 1. The summed E-state index contributed by atoms with van der Waals surface area (Å²) in [6.07, 6.45) is 9.69. The summed E-state index contributed by atoms with van der Waals surface area (Å²) in [6, 6.07) is 0. The van der Waals surface area contributed by atoms with Crippen molar-refractivity contribution in [3.63, 3.8) is 0 Å². The zero-order chi connectivity index (χ0) is 10.8. The Labute approximate surface area is 107 Å². The summed E-state index contributed by atoms with van der Waals surface area (Å²) in [7, 11) is 0.0306. The van der Waals surface area contributed by atoms with Crippen LogP contribution in [0, 0.1) is 0 Å². The van der Waals surface area contributed by atoms with Crippen LogP contribution in [-0.4, -0.2) is 23.7 Å². The standard InChI is InChI=1S/C11H22O2S.BrH/c1-3-4-5-6-7-8-9-14(2)10-11(12)13;/h3-10H2,1-2H3;1H. The second-order valence-electron chi connectivity index (χ2n) is 3.77. The third-order valence-electron chi connectivity index (χ3n) is 2.21. The number of hydrogen-bond acceptors (Lipinski definition) is 2. The molecule has 0 aliphatic carbocycles. The van der Waals surface area contributed by atoms with Crippen molar-refractivity contribution in [2.45, 2.75) is 45.4 Å². The van der Waals surface area contributed by atoms with E-state index in [4.69, 9.17) is 0 Å². The predicted molar refractivity (Wildman–Crippen MR) is 71.7 cm³/mol. The van der Waals surface area contributed by atoms with Gasteiger partial charge in [0.2, 0.25) is 0 Å².